The summed E-state index contributed by atoms with van der Waals surface area (Å²) in [5, 5.41) is 10.9. The van der Waals surface area contributed by atoms with Crippen molar-refractivity contribution < 1.29 is 5.11 Å². The summed E-state index contributed by atoms with van der Waals surface area (Å²) in [4.78, 5) is 0. The van der Waals surface area contributed by atoms with E-state index in [4.69, 9.17) is 0 Å². The first-order valence-electron chi connectivity index (χ1n) is 8.95. The molecule has 0 saturated carbocycles. The van der Waals surface area contributed by atoms with E-state index in [0.717, 1.165) is 12.8 Å². The molecule has 0 aromatic rings. The number of allylic oxidation sites excluding steroid dienone is 2. The molecule has 0 spiro atoms. The summed E-state index contributed by atoms with van der Waals surface area (Å²) >= 11 is 0. The second-order valence-electron chi connectivity index (χ2n) is 7.66. The molecular weight excluding hydrogens is 256 g/mol. The largest absolute Gasteiger partial charge is 0.388 e. The van der Waals surface area contributed by atoms with Crippen molar-refractivity contribution >= 4 is 0 Å². The van der Waals surface area contributed by atoms with Gasteiger partial charge in [0.05, 0.1) is 6.10 Å². The minimum absolute atomic E-state index is 0.0816. The lowest BCUT2D eigenvalue weighted by molar-refractivity contribution is -0.00213. The van der Waals surface area contributed by atoms with Gasteiger partial charge in [-0.25, -0.2) is 0 Å². The molecule has 0 aromatic heterocycles. The Morgan fingerprint density at radius 2 is 1.67 bits per heavy atom. The third-order valence-corrected chi connectivity index (χ3v) is 5.34. The van der Waals surface area contributed by atoms with Crippen LogP contribution in [0.15, 0.2) is 23.8 Å². The van der Waals surface area contributed by atoms with E-state index in [9.17, 15) is 5.11 Å². The molecule has 2 unspecified atom stereocenters. The Balaban J connectivity index is 2.57. The van der Waals surface area contributed by atoms with Crippen molar-refractivity contribution in [1.82, 2.24) is 0 Å². The Labute approximate surface area is 132 Å². The first-order chi connectivity index (χ1) is 9.89. The second kappa shape index (κ2) is 8.17. The van der Waals surface area contributed by atoms with Gasteiger partial charge in [-0.15, -0.1) is 0 Å². The first-order valence-corrected chi connectivity index (χ1v) is 8.95. The molecule has 0 saturated heterocycles. The van der Waals surface area contributed by atoms with Crippen LogP contribution in [0, 0.1) is 10.8 Å². The zero-order valence-electron chi connectivity index (χ0n) is 14.9. The minimum Gasteiger partial charge on any atom is -0.388 e. The minimum atomic E-state index is -0.317. The van der Waals surface area contributed by atoms with Crippen molar-refractivity contribution in [2.24, 2.45) is 10.8 Å². The van der Waals surface area contributed by atoms with E-state index in [-0.39, 0.29) is 16.9 Å². The third kappa shape index (κ3) is 4.45. The van der Waals surface area contributed by atoms with Crippen LogP contribution in [0.3, 0.4) is 0 Å². The molecule has 1 aliphatic carbocycles. The molecule has 1 nitrogen and oxygen atoms in total. The van der Waals surface area contributed by atoms with E-state index in [1.54, 1.807) is 0 Å². The molecule has 0 bridgehead atoms. The van der Waals surface area contributed by atoms with Gasteiger partial charge >= 0.3 is 0 Å². The standard InChI is InChI=1S/C20H36O/c1-6-8-9-10-11-12-14-17-15-13-16-20(7-2,18(17)21)19(3,4)5/h13,15-16,18,21H,6-12,14H2,1-5H3. The monoisotopic (exact) mass is 292 g/mol. The SMILES string of the molecule is CCCCCCCCC1=CC=CC(CC)(C(C)(C)C)C1O. The van der Waals surface area contributed by atoms with Gasteiger partial charge in [-0.3, -0.25) is 0 Å². The highest BCUT2D eigenvalue weighted by molar-refractivity contribution is 5.30. The molecule has 1 heteroatoms. The first kappa shape index (κ1) is 18.5. The van der Waals surface area contributed by atoms with Crippen LogP contribution in [0.5, 0.6) is 0 Å². The number of hydrogen-bond acceptors (Lipinski definition) is 1. The van der Waals surface area contributed by atoms with Gasteiger partial charge in [-0.05, 0) is 30.3 Å². The van der Waals surface area contributed by atoms with Gasteiger partial charge in [0.15, 0.2) is 0 Å². The van der Waals surface area contributed by atoms with Crippen LogP contribution >= 0.6 is 0 Å². The lowest BCUT2D eigenvalue weighted by Crippen LogP contribution is -2.46. The average Bonchev–Trinajstić information content (AvgIpc) is 2.43. The highest BCUT2D eigenvalue weighted by Gasteiger charge is 2.46. The Morgan fingerprint density at radius 1 is 1.05 bits per heavy atom. The lowest BCUT2D eigenvalue weighted by atomic mass is 9.58. The second-order valence-corrected chi connectivity index (χ2v) is 7.66. The smallest absolute Gasteiger partial charge is 0.0848 e. The Morgan fingerprint density at radius 3 is 2.24 bits per heavy atom. The van der Waals surface area contributed by atoms with E-state index >= 15 is 0 Å². The zero-order chi connectivity index (χ0) is 15.9. The Hall–Kier alpha value is -0.560. The summed E-state index contributed by atoms with van der Waals surface area (Å²) in [5.41, 5.74) is 1.21. The molecule has 21 heavy (non-hydrogen) atoms. The van der Waals surface area contributed by atoms with E-state index in [1.807, 2.05) is 0 Å². The van der Waals surface area contributed by atoms with E-state index in [2.05, 4.69) is 52.8 Å². The fourth-order valence-electron chi connectivity index (χ4n) is 3.69. The molecule has 1 rings (SSSR count). The van der Waals surface area contributed by atoms with Crippen molar-refractivity contribution in [2.45, 2.75) is 92.1 Å². The number of aliphatic hydroxyl groups is 1. The van der Waals surface area contributed by atoms with E-state index in [1.165, 1.54) is 44.1 Å². The van der Waals surface area contributed by atoms with Crippen molar-refractivity contribution in [3.8, 4) is 0 Å². The topological polar surface area (TPSA) is 20.2 Å². The van der Waals surface area contributed by atoms with Crippen LogP contribution in [-0.2, 0) is 0 Å². The maximum atomic E-state index is 10.9. The van der Waals surface area contributed by atoms with Crippen LogP contribution in [0.1, 0.15) is 86.0 Å². The summed E-state index contributed by atoms with van der Waals surface area (Å²) in [6.07, 6.45) is 16.2. The van der Waals surface area contributed by atoms with Crippen molar-refractivity contribution in [2.75, 3.05) is 0 Å². The van der Waals surface area contributed by atoms with Gasteiger partial charge in [-0.1, -0.05) is 85.0 Å². The molecule has 0 fully saturated rings. The molecule has 0 aliphatic heterocycles. The summed E-state index contributed by atoms with van der Waals surface area (Å²) in [6.45, 7) is 11.2. The summed E-state index contributed by atoms with van der Waals surface area (Å²) in [5.74, 6) is 0. The zero-order valence-corrected chi connectivity index (χ0v) is 14.9. The Bertz CT molecular complexity index is 359. The number of unbranched alkanes of at least 4 members (excludes halogenated alkanes) is 5. The van der Waals surface area contributed by atoms with Crippen molar-refractivity contribution in [1.29, 1.82) is 0 Å². The van der Waals surface area contributed by atoms with Crippen LogP contribution in [0.4, 0.5) is 0 Å². The highest BCUT2D eigenvalue weighted by atomic mass is 16.3. The van der Waals surface area contributed by atoms with Crippen LogP contribution in [-0.4, -0.2) is 11.2 Å². The predicted octanol–water partition coefficient (Wildman–Crippen LogP) is 6.04. The van der Waals surface area contributed by atoms with Crippen molar-refractivity contribution in [3.05, 3.63) is 23.8 Å². The third-order valence-electron chi connectivity index (χ3n) is 5.34. The molecule has 2 atom stereocenters. The number of aliphatic hydroxyl groups excluding tert-OH is 1. The number of hydrogen-bond donors (Lipinski definition) is 1. The fraction of sp³-hybridized carbons (Fsp3) is 0.800. The van der Waals surface area contributed by atoms with E-state index < -0.39 is 0 Å². The van der Waals surface area contributed by atoms with Gasteiger partial charge in [0, 0.05) is 5.41 Å². The quantitative estimate of drug-likeness (QED) is 0.541. The summed E-state index contributed by atoms with van der Waals surface area (Å²) in [7, 11) is 0. The lowest BCUT2D eigenvalue weighted by Gasteiger charge is -2.48. The summed E-state index contributed by atoms with van der Waals surface area (Å²) in [6, 6.07) is 0. The predicted molar refractivity (Wildman–Crippen MR) is 93.4 cm³/mol. The molecule has 0 aromatic carbocycles. The van der Waals surface area contributed by atoms with Crippen LogP contribution in [0.25, 0.3) is 0 Å². The molecule has 0 amide bonds. The maximum absolute atomic E-state index is 10.9. The van der Waals surface area contributed by atoms with Crippen molar-refractivity contribution in [3.63, 3.8) is 0 Å². The van der Waals surface area contributed by atoms with Gasteiger partial charge in [0.25, 0.3) is 0 Å². The Kier molecular flexibility index (Phi) is 7.20. The summed E-state index contributed by atoms with van der Waals surface area (Å²) < 4.78 is 0. The van der Waals surface area contributed by atoms with Crippen LogP contribution in [0.2, 0.25) is 0 Å². The molecule has 1 aliphatic rings. The van der Waals surface area contributed by atoms with E-state index in [0.29, 0.717) is 0 Å². The average molecular weight is 293 g/mol. The highest BCUT2D eigenvalue weighted by Crippen LogP contribution is 2.49. The molecule has 0 heterocycles. The normalized spacial score (nSPS) is 26.0. The number of rotatable bonds is 8. The fourth-order valence-corrected chi connectivity index (χ4v) is 3.69. The van der Waals surface area contributed by atoms with Gasteiger partial charge < -0.3 is 5.11 Å². The maximum Gasteiger partial charge on any atom is 0.0848 e. The molecule has 122 valence electrons. The molecule has 0 radical (unpaired) electrons. The van der Waals surface area contributed by atoms with Crippen LogP contribution < -0.4 is 0 Å². The molecular formula is C20H36O. The van der Waals surface area contributed by atoms with Gasteiger partial charge in [0.2, 0.25) is 0 Å². The van der Waals surface area contributed by atoms with Gasteiger partial charge in [0.1, 0.15) is 0 Å². The molecule has 1 N–H and O–H groups in total. The van der Waals surface area contributed by atoms with Gasteiger partial charge in [-0.2, -0.15) is 0 Å².